The van der Waals surface area contributed by atoms with Crippen molar-refractivity contribution in [1.29, 1.82) is 0 Å². The largest absolute Gasteiger partial charge is 0.465 e. The molecule has 3 nitrogen and oxygen atoms in total. The third kappa shape index (κ3) is 5.48. The molecule has 1 fully saturated rings. The van der Waals surface area contributed by atoms with Gasteiger partial charge in [-0.15, -0.1) is 0 Å². The Balaban J connectivity index is 1.48. The molecule has 5 rings (SSSR count). The molecule has 1 aliphatic rings. The number of likely N-dealkylation sites (tertiary alicyclic amines) is 1. The van der Waals surface area contributed by atoms with Crippen LogP contribution in [-0.2, 0) is 0 Å². The van der Waals surface area contributed by atoms with Gasteiger partial charge in [0.05, 0.1) is 0 Å². The van der Waals surface area contributed by atoms with E-state index in [1.807, 2.05) is 12.1 Å². The first-order chi connectivity index (χ1) is 17.2. The molecule has 1 amide bonds. The lowest BCUT2D eigenvalue weighted by molar-refractivity contribution is 0.144. The summed E-state index contributed by atoms with van der Waals surface area (Å²) in [5.74, 6) is 0. The van der Waals surface area contributed by atoms with Crippen LogP contribution in [-0.4, -0.2) is 40.5 Å². The smallest absolute Gasteiger partial charge is 0.407 e. The highest BCUT2D eigenvalue weighted by Gasteiger charge is 2.41. The Hall–Kier alpha value is -2.99. The van der Waals surface area contributed by atoms with Crippen molar-refractivity contribution in [3.8, 4) is 0 Å². The first-order valence-corrected chi connectivity index (χ1v) is 14.9. The summed E-state index contributed by atoms with van der Waals surface area (Å²) in [4.78, 5) is 14.2. The van der Waals surface area contributed by atoms with Gasteiger partial charge in [-0.05, 0) is 49.6 Å². The highest BCUT2D eigenvalue weighted by molar-refractivity contribution is 7.74. The Labute approximate surface area is 210 Å². The van der Waals surface area contributed by atoms with Gasteiger partial charge >= 0.3 is 6.09 Å². The number of benzene rings is 4. The summed E-state index contributed by atoms with van der Waals surface area (Å²) < 4.78 is 0. The van der Waals surface area contributed by atoms with Crippen LogP contribution in [0.15, 0.2) is 121 Å². The van der Waals surface area contributed by atoms with Crippen LogP contribution in [0.5, 0.6) is 0 Å². The quantitative estimate of drug-likeness (QED) is 0.349. The molecule has 1 N–H and O–H groups in total. The maximum Gasteiger partial charge on any atom is 0.407 e. The Morgan fingerprint density at radius 3 is 1.49 bits per heavy atom. The molecule has 1 unspecified atom stereocenters. The second-order valence-electron chi connectivity index (χ2n) is 8.80. The molecule has 0 radical (unpaired) electrons. The lowest BCUT2D eigenvalue weighted by Gasteiger charge is -2.27. The minimum atomic E-state index is -0.801. The summed E-state index contributed by atoms with van der Waals surface area (Å²) in [5, 5.41) is 15.5. The van der Waals surface area contributed by atoms with E-state index in [9.17, 15) is 9.90 Å². The van der Waals surface area contributed by atoms with E-state index in [4.69, 9.17) is 0 Å². The highest BCUT2D eigenvalue weighted by atomic mass is 31.1. The van der Waals surface area contributed by atoms with Crippen molar-refractivity contribution in [3.05, 3.63) is 121 Å². The van der Waals surface area contributed by atoms with Crippen LogP contribution in [0.2, 0.25) is 0 Å². The molecule has 176 valence electrons. The molecule has 0 bridgehead atoms. The molecule has 2 atom stereocenters. The fourth-order valence-electron chi connectivity index (χ4n) is 5.02. The van der Waals surface area contributed by atoms with Crippen molar-refractivity contribution >= 4 is 43.2 Å². The predicted molar refractivity (Wildman–Crippen MR) is 150 cm³/mol. The van der Waals surface area contributed by atoms with Gasteiger partial charge in [0.2, 0.25) is 0 Å². The maximum absolute atomic E-state index is 12.4. The number of amides is 1. The summed E-state index contributed by atoms with van der Waals surface area (Å²) >= 11 is 0. The van der Waals surface area contributed by atoms with Crippen LogP contribution in [0.25, 0.3) is 0 Å². The second-order valence-corrected chi connectivity index (χ2v) is 13.6. The Kier molecular flexibility index (Phi) is 7.57. The van der Waals surface area contributed by atoms with E-state index in [1.165, 1.54) is 21.2 Å². The SMILES string of the molecule is O=C(O)N1CC(P(c2ccccc2)c2ccccc2)C[C@H]1CP(c1ccccc1)c1ccccc1. The molecule has 5 heteroatoms. The van der Waals surface area contributed by atoms with Gasteiger partial charge in [0.15, 0.2) is 0 Å². The molecule has 1 saturated heterocycles. The minimum Gasteiger partial charge on any atom is -0.465 e. The van der Waals surface area contributed by atoms with Gasteiger partial charge in [-0.1, -0.05) is 121 Å². The summed E-state index contributed by atoms with van der Waals surface area (Å²) in [5.41, 5.74) is 0.291. The summed E-state index contributed by atoms with van der Waals surface area (Å²) in [6.45, 7) is 0.586. The third-order valence-electron chi connectivity index (χ3n) is 6.60. The van der Waals surface area contributed by atoms with Crippen molar-refractivity contribution in [2.45, 2.75) is 18.1 Å². The van der Waals surface area contributed by atoms with Crippen LogP contribution < -0.4 is 21.2 Å². The van der Waals surface area contributed by atoms with E-state index in [1.54, 1.807) is 4.90 Å². The van der Waals surface area contributed by atoms with Gasteiger partial charge < -0.3 is 10.0 Å². The average Bonchev–Trinajstić information content (AvgIpc) is 3.33. The van der Waals surface area contributed by atoms with E-state index in [-0.39, 0.29) is 6.04 Å². The van der Waals surface area contributed by atoms with Gasteiger partial charge in [-0.25, -0.2) is 4.79 Å². The van der Waals surface area contributed by atoms with E-state index in [0.29, 0.717) is 12.2 Å². The van der Waals surface area contributed by atoms with Crippen LogP contribution in [0, 0.1) is 0 Å². The molecule has 0 aliphatic carbocycles. The second kappa shape index (κ2) is 11.2. The Morgan fingerprint density at radius 2 is 1.09 bits per heavy atom. The van der Waals surface area contributed by atoms with Crippen molar-refractivity contribution in [2.75, 3.05) is 12.7 Å². The average molecular weight is 498 g/mol. The molecular weight excluding hydrogens is 468 g/mol. The third-order valence-corrected chi connectivity index (χ3v) is 12.0. The van der Waals surface area contributed by atoms with E-state index in [0.717, 1.165) is 12.6 Å². The van der Waals surface area contributed by atoms with Crippen molar-refractivity contribution in [1.82, 2.24) is 4.90 Å². The molecular formula is C30H29NO2P2. The van der Waals surface area contributed by atoms with E-state index < -0.39 is 21.9 Å². The van der Waals surface area contributed by atoms with Gasteiger partial charge in [0.1, 0.15) is 0 Å². The van der Waals surface area contributed by atoms with Crippen LogP contribution in [0.4, 0.5) is 4.79 Å². The standard InChI is InChI=1S/C30H29NO2P2/c32-30(33)31-22-29(35(27-17-9-3-10-18-27)28-19-11-4-12-20-28)21-24(31)23-34(25-13-5-1-6-14-25)26-15-7-2-8-16-26/h1-20,24,29H,21-23H2,(H,32,33)/t24-,29?/m0/s1. The number of hydrogen-bond acceptors (Lipinski definition) is 1. The van der Waals surface area contributed by atoms with Crippen LogP contribution >= 0.6 is 15.8 Å². The Bertz CT molecular complexity index is 1140. The maximum atomic E-state index is 12.4. The zero-order valence-electron chi connectivity index (χ0n) is 19.5. The molecule has 4 aromatic rings. The fraction of sp³-hybridized carbons (Fsp3) is 0.167. The molecule has 1 heterocycles. The molecule has 1 aliphatic heterocycles. The Morgan fingerprint density at radius 1 is 0.686 bits per heavy atom. The first kappa shape index (κ1) is 23.7. The highest BCUT2D eigenvalue weighted by Crippen LogP contribution is 2.47. The topological polar surface area (TPSA) is 40.5 Å². The zero-order valence-corrected chi connectivity index (χ0v) is 21.3. The number of hydrogen-bond donors (Lipinski definition) is 1. The molecule has 0 saturated carbocycles. The van der Waals surface area contributed by atoms with E-state index >= 15 is 0 Å². The molecule has 0 aromatic heterocycles. The van der Waals surface area contributed by atoms with Gasteiger partial charge in [-0.2, -0.15) is 0 Å². The number of carboxylic acid groups (broad SMARTS) is 1. The molecule has 4 aromatic carbocycles. The van der Waals surface area contributed by atoms with Gasteiger partial charge in [0.25, 0.3) is 0 Å². The fourth-order valence-corrected chi connectivity index (χ4v) is 10.5. The normalized spacial score (nSPS) is 17.7. The van der Waals surface area contributed by atoms with Crippen molar-refractivity contribution in [3.63, 3.8) is 0 Å². The lowest BCUT2D eigenvalue weighted by atomic mass is 10.2. The van der Waals surface area contributed by atoms with Crippen LogP contribution in [0.1, 0.15) is 6.42 Å². The van der Waals surface area contributed by atoms with Gasteiger partial charge in [-0.3, -0.25) is 0 Å². The summed E-state index contributed by atoms with van der Waals surface area (Å²) in [7, 11) is -1.32. The number of nitrogens with zero attached hydrogens (tertiary/aromatic N) is 1. The first-order valence-electron chi connectivity index (χ1n) is 12.0. The predicted octanol–water partition coefficient (Wildman–Crippen LogP) is 5.37. The molecule has 35 heavy (non-hydrogen) atoms. The summed E-state index contributed by atoms with van der Waals surface area (Å²) in [6, 6.07) is 42.5. The molecule has 0 spiro atoms. The zero-order chi connectivity index (χ0) is 24.0. The number of rotatable bonds is 7. The van der Waals surface area contributed by atoms with Crippen molar-refractivity contribution < 1.29 is 9.90 Å². The summed E-state index contributed by atoms with van der Waals surface area (Å²) in [6.07, 6.45) is 0.934. The number of carbonyl (C=O) groups is 1. The van der Waals surface area contributed by atoms with Gasteiger partial charge in [0, 0.05) is 18.2 Å². The monoisotopic (exact) mass is 497 g/mol. The van der Waals surface area contributed by atoms with E-state index in [2.05, 4.69) is 109 Å². The minimum absolute atomic E-state index is 0.00134. The van der Waals surface area contributed by atoms with Crippen molar-refractivity contribution in [2.24, 2.45) is 0 Å². The van der Waals surface area contributed by atoms with Crippen LogP contribution in [0.3, 0.4) is 0 Å². The lowest BCUT2D eigenvalue weighted by Crippen LogP contribution is -2.38.